The lowest BCUT2D eigenvalue weighted by Gasteiger charge is -2.21. The number of rotatable bonds is 3. The van der Waals surface area contributed by atoms with Crippen LogP contribution in [-0.4, -0.2) is 22.6 Å². The van der Waals surface area contributed by atoms with E-state index in [9.17, 15) is 0 Å². The predicted molar refractivity (Wildman–Crippen MR) is 56.2 cm³/mol. The summed E-state index contributed by atoms with van der Waals surface area (Å²) in [6.45, 7) is 5.34. The Bertz CT molecular complexity index is 274. The molecule has 0 atom stereocenters. The second-order valence-electron chi connectivity index (χ2n) is 4.07. The highest BCUT2D eigenvalue weighted by atomic mass is 15.0. The van der Waals surface area contributed by atoms with Crippen LogP contribution in [0.25, 0.3) is 0 Å². The van der Waals surface area contributed by atoms with Crippen LogP contribution in [-0.2, 0) is 6.54 Å². The van der Waals surface area contributed by atoms with E-state index >= 15 is 0 Å². The van der Waals surface area contributed by atoms with Gasteiger partial charge in [0.25, 0.3) is 0 Å². The molecule has 0 aromatic carbocycles. The number of piperidine rings is 1. The fourth-order valence-corrected chi connectivity index (χ4v) is 2.05. The molecule has 1 radical (unpaired) electrons. The minimum absolute atomic E-state index is 0.884. The normalized spacial score (nSPS) is 18.6. The van der Waals surface area contributed by atoms with Gasteiger partial charge in [0.05, 0.1) is 0 Å². The second-order valence-corrected chi connectivity index (χ2v) is 4.07. The minimum atomic E-state index is 0.884. The molecule has 0 spiro atoms. The van der Waals surface area contributed by atoms with E-state index in [4.69, 9.17) is 0 Å². The Kier molecular flexibility index (Phi) is 3.19. The number of aryl methyl sites for hydroxylation is 2. The van der Waals surface area contributed by atoms with Crippen LogP contribution in [0.2, 0.25) is 0 Å². The Labute approximate surface area is 85.5 Å². The molecule has 1 aliphatic rings. The lowest BCUT2D eigenvalue weighted by molar-refractivity contribution is 0.333. The van der Waals surface area contributed by atoms with Crippen molar-refractivity contribution in [1.82, 2.24) is 14.9 Å². The molecule has 77 valence electrons. The van der Waals surface area contributed by atoms with Gasteiger partial charge in [0.15, 0.2) is 0 Å². The summed E-state index contributed by atoms with van der Waals surface area (Å²) in [6.07, 6.45) is 7.81. The first kappa shape index (κ1) is 9.71. The zero-order chi connectivity index (χ0) is 9.80. The number of nitrogens with zero attached hydrogens (tertiary/aromatic N) is 3. The third kappa shape index (κ3) is 2.35. The van der Waals surface area contributed by atoms with Crippen molar-refractivity contribution in [1.29, 1.82) is 0 Å². The third-order valence-electron chi connectivity index (χ3n) is 3.09. The van der Waals surface area contributed by atoms with Crippen LogP contribution in [0.15, 0.2) is 12.4 Å². The van der Waals surface area contributed by atoms with Crippen LogP contribution in [0.1, 0.15) is 25.1 Å². The zero-order valence-electron chi connectivity index (χ0n) is 8.82. The fourth-order valence-electron chi connectivity index (χ4n) is 2.05. The Balaban J connectivity index is 1.79. The lowest BCUT2D eigenvalue weighted by atomic mass is 9.95. The molecule has 1 fully saturated rings. The standard InChI is InChI=1S/C11H18N3/c1-10-13-7-9-14(10)8-4-11-2-5-12-6-3-11/h7,9,11H,2-6,8H2,1H3. The molecule has 0 N–H and O–H groups in total. The van der Waals surface area contributed by atoms with Crippen LogP contribution in [0.5, 0.6) is 0 Å². The summed E-state index contributed by atoms with van der Waals surface area (Å²) in [5.74, 6) is 2.01. The second kappa shape index (κ2) is 4.60. The fraction of sp³-hybridized carbons (Fsp3) is 0.727. The maximum absolute atomic E-state index is 4.37. The Hall–Kier alpha value is -0.830. The molecule has 0 saturated carbocycles. The summed E-state index contributed by atoms with van der Waals surface area (Å²) in [6, 6.07) is 0. The molecule has 0 unspecified atom stereocenters. The van der Waals surface area contributed by atoms with Gasteiger partial charge in [-0.05, 0) is 32.1 Å². The van der Waals surface area contributed by atoms with Crippen LogP contribution in [0.4, 0.5) is 0 Å². The highest BCUT2D eigenvalue weighted by molar-refractivity contribution is 4.88. The van der Waals surface area contributed by atoms with Crippen molar-refractivity contribution in [2.45, 2.75) is 32.7 Å². The number of hydrogen-bond donors (Lipinski definition) is 0. The summed E-state index contributed by atoms with van der Waals surface area (Å²) in [5.41, 5.74) is 0. The van der Waals surface area contributed by atoms with Crippen LogP contribution < -0.4 is 5.32 Å². The number of aromatic nitrogens is 2. The first-order chi connectivity index (χ1) is 6.86. The maximum Gasteiger partial charge on any atom is 0.105 e. The molecule has 1 aromatic heterocycles. The molecule has 1 aliphatic heterocycles. The SMILES string of the molecule is Cc1nccn1CCC1CC[N]CC1. The smallest absolute Gasteiger partial charge is 0.105 e. The quantitative estimate of drug-likeness (QED) is 0.715. The van der Waals surface area contributed by atoms with E-state index in [1.807, 2.05) is 6.20 Å². The van der Waals surface area contributed by atoms with E-state index in [1.54, 1.807) is 0 Å². The summed E-state index contributed by atoms with van der Waals surface area (Å²) in [4.78, 5) is 4.22. The summed E-state index contributed by atoms with van der Waals surface area (Å²) in [5, 5.41) is 4.37. The molecule has 1 saturated heterocycles. The van der Waals surface area contributed by atoms with E-state index in [0.717, 1.165) is 31.4 Å². The van der Waals surface area contributed by atoms with Gasteiger partial charge in [-0.2, -0.15) is 0 Å². The molecule has 1 aromatic rings. The van der Waals surface area contributed by atoms with Crippen LogP contribution >= 0.6 is 0 Å². The average Bonchev–Trinajstić information content (AvgIpc) is 2.63. The van der Waals surface area contributed by atoms with Crippen molar-refractivity contribution in [2.75, 3.05) is 13.1 Å². The first-order valence-electron chi connectivity index (χ1n) is 5.47. The van der Waals surface area contributed by atoms with Gasteiger partial charge in [-0.25, -0.2) is 10.3 Å². The van der Waals surface area contributed by atoms with E-state index in [-0.39, 0.29) is 0 Å². The number of imidazole rings is 1. The van der Waals surface area contributed by atoms with Gasteiger partial charge in [-0.15, -0.1) is 0 Å². The van der Waals surface area contributed by atoms with Crippen molar-refractivity contribution in [3.63, 3.8) is 0 Å². The van der Waals surface area contributed by atoms with Gasteiger partial charge in [-0.1, -0.05) is 0 Å². The molecular formula is C11H18N3. The zero-order valence-corrected chi connectivity index (χ0v) is 8.82. The molecule has 3 heteroatoms. The van der Waals surface area contributed by atoms with Gasteiger partial charge < -0.3 is 4.57 Å². The monoisotopic (exact) mass is 192 g/mol. The van der Waals surface area contributed by atoms with Gasteiger partial charge in [0, 0.05) is 32.0 Å². The van der Waals surface area contributed by atoms with E-state index in [1.165, 1.54) is 19.3 Å². The largest absolute Gasteiger partial charge is 0.335 e. The maximum atomic E-state index is 4.37. The van der Waals surface area contributed by atoms with Crippen molar-refractivity contribution in [3.05, 3.63) is 18.2 Å². The highest BCUT2D eigenvalue weighted by Gasteiger charge is 2.13. The summed E-state index contributed by atoms with van der Waals surface area (Å²) in [7, 11) is 0. The van der Waals surface area contributed by atoms with Gasteiger partial charge in [-0.3, -0.25) is 0 Å². The van der Waals surface area contributed by atoms with Gasteiger partial charge >= 0.3 is 0 Å². The molecular weight excluding hydrogens is 174 g/mol. The van der Waals surface area contributed by atoms with Crippen molar-refractivity contribution < 1.29 is 0 Å². The molecule has 0 bridgehead atoms. The minimum Gasteiger partial charge on any atom is -0.335 e. The molecule has 2 heterocycles. The van der Waals surface area contributed by atoms with Gasteiger partial charge in [0.2, 0.25) is 0 Å². The highest BCUT2D eigenvalue weighted by Crippen LogP contribution is 2.17. The molecule has 3 nitrogen and oxygen atoms in total. The van der Waals surface area contributed by atoms with Crippen molar-refractivity contribution in [2.24, 2.45) is 5.92 Å². The Morgan fingerprint density at radius 1 is 1.43 bits per heavy atom. The van der Waals surface area contributed by atoms with E-state index < -0.39 is 0 Å². The number of hydrogen-bond acceptors (Lipinski definition) is 1. The van der Waals surface area contributed by atoms with Crippen molar-refractivity contribution in [3.8, 4) is 0 Å². The predicted octanol–water partition coefficient (Wildman–Crippen LogP) is 1.60. The first-order valence-corrected chi connectivity index (χ1v) is 5.47. The topological polar surface area (TPSA) is 31.9 Å². The van der Waals surface area contributed by atoms with Crippen LogP contribution in [0, 0.1) is 12.8 Å². The van der Waals surface area contributed by atoms with Crippen LogP contribution in [0.3, 0.4) is 0 Å². The Morgan fingerprint density at radius 2 is 2.21 bits per heavy atom. The third-order valence-corrected chi connectivity index (χ3v) is 3.09. The summed E-state index contributed by atoms with van der Waals surface area (Å²) < 4.78 is 2.24. The van der Waals surface area contributed by atoms with Gasteiger partial charge in [0.1, 0.15) is 5.82 Å². The summed E-state index contributed by atoms with van der Waals surface area (Å²) >= 11 is 0. The molecule has 2 rings (SSSR count). The Morgan fingerprint density at radius 3 is 2.86 bits per heavy atom. The average molecular weight is 192 g/mol. The lowest BCUT2D eigenvalue weighted by Crippen LogP contribution is -2.23. The van der Waals surface area contributed by atoms with E-state index in [2.05, 4.69) is 28.0 Å². The molecule has 0 amide bonds. The van der Waals surface area contributed by atoms with Crippen molar-refractivity contribution >= 4 is 0 Å². The molecule has 14 heavy (non-hydrogen) atoms. The van der Waals surface area contributed by atoms with E-state index in [0.29, 0.717) is 0 Å². The molecule has 0 aliphatic carbocycles.